The number of carboxylic acids is 2. The number of carbonyl (C=O) groups is 2. The maximum absolute atomic E-state index is 10.8. The van der Waals surface area contributed by atoms with Crippen LogP contribution in [0.3, 0.4) is 0 Å². The van der Waals surface area contributed by atoms with Crippen molar-refractivity contribution in [1.29, 1.82) is 0 Å². The summed E-state index contributed by atoms with van der Waals surface area (Å²) in [4.78, 5) is 27.7. The van der Waals surface area contributed by atoms with Crippen LogP contribution in [-0.2, 0) is 9.59 Å². The van der Waals surface area contributed by atoms with E-state index >= 15 is 0 Å². The molecule has 7 nitrogen and oxygen atoms in total. The first-order chi connectivity index (χ1) is 10.6. The van der Waals surface area contributed by atoms with Crippen LogP contribution in [0.2, 0.25) is 5.02 Å². The lowest BCUT2D eigenvalue weighted by molar-refractivity contribution is -0.192. The summed E-state index contributed by atoms with van der Waals surface area (Å²) in [6.07, 6.45) is 0.117. The molecule has 11 heteroatoms. The zero-order chi connectivity index (χ0) is 17.6. The molecule has 1 aliphatic carbocycles. The van der Waals surface area contributed by atoms with Gasteiger partial charge in [0.25, 0.3) is 0 Å². The zero-order valence-corrected chi connectivity index (χ0v) is 12.3. The van der Waals surface area contributed by atoms with Crippen molar-refractivity contribution in [2.24, 2.45) is 5.92 Å². The first kappa shape index (κ1) is 18.9. The molecule has 1 heterocycles. The standard InChI is InChI=1S/C10H12ClN3O2.C2HF3O2/c11-7-4-12-10(13-5-7)14-8-2-1-6(3-8)9(15)16;3-2(4,5)1(6)7/h4-6,8H,1-3H2,(H,15,16)(H,12,13,14);(H,6,7)/t6-,8+;/m0./s1. The molecule has 1 fully saturated rings. The maximum Gasteiger partial charge on any atom is 0.490 e. The Morgan fingerprint density at radius 1 is 1.22 bits per heavy atom. The van der Waals surface area contributed by atoms with Crippen LogP contribution in [0.1, 0.15) is 19.3 Å². The lowest BCUT2D eigenvalue weighted by Gasteiger charge is -2.11. The molecule has 0 unspecified atom stereocenters. The third-order valence-corrected chi connectivity index (χ3v) is 3.17. The van der Waals surface area contributed by atoms with Gasteiger partial charge in [0.15, 0.2) is 0 Å². The van der Waals surface area contributed by atoms with Gasteiger partial charge in [-0.1, -0.05) is 11.6 Å². The van der Waals surface area contributed by atoms with Crippen molar-refractivity contribution in [2.75, 3.05) is 5.32 Å². The number of aromatic nitrogens is 2. The Labute approximate surface area is 133 Å². The number of halogens is 4. The predicted molar refractivity (Wildman–Crippen MR) is 73.1 cm³/mol. The largest absolute Gasteiger partial charge is 0.490 e. The van der Waals surface area contributed by atoms with Gasteiger partial charge in [0, 0.05) is 6.04 Å². The number of hydrogen-bond donors (Lipinski definition) is 3. The second-order valence-corrected chi connectivity index (χ2v) is 5.15. The summed E-state index contributed by atoms with van der Waals surface area (Å²) in [7, 11) is 0. The summed E-state index contributed by atoms with van der Waals surface area (Å²) < 4.78 is 31.7. The highest BCUT2D eigenvalue weighted by atomic mass is 35.5. The van der Waals surface area contributed by atoms with Gasteiger partial charge in [-0.05, 0) is 19.3 Å². The highest BCUT2D eigenvalue weighted by molar-refractivity contribution is 6.30. The Balaban J connectivity index is 0.000000322. The van der Waals surface area contributed by atoms with Gasteiger partial charge in [-0.15, -0.1) is 0 Å². The fraction of sp³-hybridized carbons (Fsp3) is 0.500. The fourth-order valence-corrected chi connectivity index (χ4v) is 2.00. The van der Waals surface area contributed by atoms with Crippen molar-refractivity contribution in [1.82, 2.24) is 9.97 Å². The first-order valence-corrected chi connectivity index (χ1v) is 6.74. The predicted octanol–water partition coefficient (Wildman–Crippen LogP) is 2.43. The molecule has 0 radical (unpaired) electrons. The van der Waals surface area contributed by atoms with Gasteiger partial charge < -0.3 is 15.5 Å². The number of nitrogens with one attached hydrogen (secondary N) is 1. The highest BCUT2D eigenvalue weighted by Gasteiger charge is 2.38. The minimum Gasteiger partial charge on any atom is -0.481 e. The van der Waals surface area contributed by atoms with Crippen LogP contribution in [-0.4, -0.2) is 44.3 Å². The quantitative estimate of drug-likeness (QED) is 0.763. The van der Waals surface area contributed by atoms with E-state index in [-0.39, 0.29) is 12.0 Å². The van der Waals surface area contributed by atoms with Crippen molar-refractivity contribution in [3.05, 3.63) is 17.4 Å². The second kappa shape index (κ2) is 7.95. The van der Waals surface area contributed by atoms with Crippen LogP contribution in [0.25, 0.3) is 0 Å². The summed E-state index contributed by atoms with van der Waals surface area (Å²) in [6, 6.07) is 0.141. The third-order valence-electron chi connectivity index (χ3n) is 2.98. The zero-order valence-electron chi connectivity index (χ0n) is 11.5. The molecule has 2 rings (SSSR count). The molecule has 1 aromatic heterocycles. The van der Waals surface area contributed by atoms with E-state index in [0.717, 1.165) is 6.42 Å². The molecule has 0 aromatic carbocycles. The van der Waals surface area contributed by atoms with Crippen molar-refractivity contribution in [3.8, 4) is 0 Å². The van der Waals surface area contributed by atoms with Crippen LogP contribution in [0.15, 0.2) is 12.4 Å². The smallest absolute Gasteiger partial charge is 0.481 e. The van der Waals surface area contributed by atoms with Crippen LogP contribution in [0.5, 0.6) is 0 Å². The molecule has 0 spiro atoms. The molecule has 0 amide bonds. The van der Waals surface area contributed by atoms with E-state index in [4.69, 9.17) is 26.6 Å². The lowest BCUT2D eigenvalue weighted by atomic mass is 10.1. The molecule has 1 aromatic rings. The van der Waals surface area contributed by atoms with Gasteiger partial charge >= 0.3 is 18.1 Å². The van der Waals surface area contributed by atoms with Crippen LogP contribution in [0, 0.1) is 5.92 Å². The van der Waals surface area contributed by atoms with Crippen LogP contribution in [0.4, 0.5) is 19.1 Å². The van der Waals surface area contributed by atoms with Crippen LogP contribution >= 0.6 is 11.6 Å². The molecule has 23 heavy (non-hydrogen) atoms. The van der Waals surface area contributed by atoms with Crippen LogP contribution < -0.4 is 5.32 Å². The summed E-state index contributed by atoms with van der Waals surface area (Å²) in [5, 5.41) is 19.6. The summed E-state index contributed by atoms with van der Waals surface area (Å²) in [6.45, 7) is 0. The lowest BCUT2D eigenvalue weighted by Crippen LogP contribution is -2.21. The molecule has 1 aliphatic rings. The van der Waals surface area contributed by atoms with Crippen molar-refractivity contribution in [2.45, 2.75) is 31.5 Å². The molecule has 3 N–H and O–H groups in total. The Kier molecular flexibility index (Phi) is 6.55. The summed E-state index contributed by atoms with van der Waals surface area (Å²) in [5.41, 5.74) is 0. The number of rotatable bonds is 3. The van der Waals surface area contributed by atoms with E-state index in [2.05, 4.69) is 15.3 Å². The van der Waals surface area contributed by atoms with Crippen molar-refractivity contribution < 1.29 is 33.0 Å². The van der Waals surface area contributed by atoms with Gasteiger partial charge in [-0.2, -0.15) is 13.2 Å². The van der Waals surface area contributed by atoms with Crippen molar-refractivity contribution in [3.63, 3.8) is 0 Å². The summed E-state index contributed by atoms with van der Waals surface area (Å²) >= 11 is 5.66. The Morgan fingerprint density at radius 3 is 2.13 bits per heavy atom. The number of anilines is 1. The molecule has 0 saturated heterocycles. The van der Waals surface area contributed by atoms with E-state index in [1.807, 2.05) is 0 Å². The average molecular weight is 356 g/mol. The number of aliphatic carboxylic acids is 2. The van der Waals surface area contributed by atoms with Gasteiger partial charge in [0.2, 0.25) is 5.95 Å². The summed E-state index contributed by atoms with van der Waals surface area (Å²) in [5.74, 6) is -3.22. The second-order valence-electron chi connectivity index (χ2n) is 4.72. The molecule has 0 aliphatic heterocycles. The normalized spacial score (nSPS) is 20.3. The molecule has 0 bridgehead atoms. The number of alkyl halides is 3. The van der Waals surface area contributed by atoms with Crippen molar-refractivity contribution >= 4 is 29.5 Å². The Hall–Kier alpha value is -2.10. The van der Waals surface area contributed by atoms with E-state index in [9.17, 15) is 18.0 Å². The van der Waals surface area contributed by atoms with Gasteiger partial charge in [-0.3, -0.25) is 4.79 Å². The third kappa shape index (κ3) is 6.68. The van der Waals surface area contributed by atoms with E-state index in [1.54, 1.807) is 0 Å². The van der Waals surface area contributed by atoms with E-state index in [0.29, 0.717) is 23.8 Å². The average Bonchev–Trinajstić information content (AvgIpc) is 2.90. The number of hydrogen-bond acceptors (Lipinski definition) is 5. The highest BCUT2D eigenvalue weighted by Crippen LogP contribution is 2.27. The molecule has 128 valence electrons. The Morgan fingerprint density at radius 2 is 1.74 bits per heavy atom. The fourth-order valence-electron chi connectivity index (χ4n) is 1.91. The molecular weight excluding hydrogens is 343 g/mol. The molecular formula is C12H13ClF3N3O4. The maximum atomic E-state index is 10.8. The monoisotopic (exact) mass is 355 g/mol. The minimum atomic E-state index is -5.08. The Bertz CT molecular complexity index is 553. The topological polar surface area (TPSA) is 112 Å². The van der Waals surface area contributed by atoms with E-state index < -0.39 is 18.1 Å². The minimum absolute atomic E-state index is 0.141. The van der Waals surface area contributed by atoms with Gasteiger partial charge in [0.1, 0.15) is 0 Å². The number of nitrogens with zero attached hydrogens (tertiary/aromatic N) is 2. The van der Waals surface area contributed by atoms with Gasteiger partial charge in [0.05, 0.1) is 23.3 Å². The molecule has 2 atom stereocenters. The van der Waals surface area contributed by atoms with E-state index in [1.165, 1.54) is 12.4 Å². The van der Waals surface area contributed by atoms with Gasteiger partial charge in [-0.25, -0.2) is 14.8 Å². The molecule has 1 saturated carbocycles. The first-order valence-electron chi connectivity index (χ1n) is 6.36. The SMILES string of the molecule is O=C(O)C(F)(F)F.O=C(O)[C@H]1CC[C@@H](Nc2ncc(Cl)cn2)C1. The number of carboxylic acid groups (broad SMARTS) is 2.